The summed E-state index contributed by atoms with van der Waals surface area (Å²) in [6.45, 7) is 5.66. The van der Waals surface area contributed by atoms with Gasteiger partial charge in [0.25, 0.3) is 0 Å². The van der Waals surface area contributed by atoms with Crippen LogP contribution in [-0.2, 0) is 9.53 Å². The molecule has 4 saturated heterocycles. The van der Waals surface area contributed by atoms with Crippen LogP contribution in [0.3, 0.4) is 0 Å². The number of nitrogens with zero attached hydrogens (tertiary/aromatic N) is 3. The van der Waals surface area contributed by atoms with Crippen molar-refractivity contribution in [3.8, 4) is 10.4 Å². The lowest BCUT2D eigenvalue weighted by atomic mass is 9.76. The van der Waals surface area contributed by atoms with Crippen LogP contribution in [0.25, 0.3) is 10.4 Å². The van der Waals surface area contributed by atoms with Gasteiger partial charge in [-0.1, -0.05) is 12.1 Å². The molecule has 2 aromatic rings. The number of piperidine rings is 3. The number of ether oxygens (including phenoxy) is 1. The fourth-order valence-corrected chi connectivity index (χ4v) is 5.99. The van der Waals surface area contributed by atoms with Gasteiger partial charge < -0.3 is 14.5 Å². The molecule has 1 aromatic carbocycles. The Balaban J connectivity index is 1.29. The fraction of sp³-hybridized carbons (Fsp3) is 0.478. The van der Waals surface area contributed by atoms with E-state index in [4.69, 9.17) is 4.74 Å². The maximum absolute atomic E-state index is 12.6. The molecular formula is C23H27N3O3S. The molecule has 2 atom stereocenters. The third-order valence-corrected chi connectivity index (χ3v) is 8.05. The predicted octanol–water partition coefficient (Wildman–Crippen LogP) is 4.06. The second-order valence-corrected chi connectivity index (χ2v) is 9.66. The number of benzene rings is 1. The van der Waals surface area contributed by atoms with Crippen LogP contribution in [0.4, 0.5) is 15.5 Å². The quantitative estimate of drug-likeness (QED) is 0.741. The summed E-state index contributed by atoms with van der Waals surface area (Å²) >= 11 is 1.61. The molecule has 30 heavy (non-hydrogen) atoms. The second-order valence-electron chi connectivity index (χ2n) is 8.60. The molecule has 7 heteroatoms. The molecule has 4 fully saturated rings. The minimum atomic E-state index is -0.219. The SMILES string of the molecule is CC(=O)N(C)c1ccc(-c2ccc(N3C[C@@H](C4CN5CCC4CC5)OC3=O)s2)cc1. The van der Waals surface area contributed by atoms with Crippen LogP contribution in [-0.4, -0.2) is 56.2 Å². The summed E-state index contributed by atoms with van der Waals surface area (Å²) in [4.78, 5) is 31.2. The molecule has 158 valence electrons. The summed E-state index contributed by atoms with van der Waals surface area (Å²) in [5.74, 6) is 1.16. The Kier molecular flexibility index (Phi) is 5.03. The number of thiophene rings is 1. The van der Waals surface area contributed by atoms with Crippen molar-refractivity contribution < 1.29 is 14.3 Å². The number of hydrogen-bond donors (Lipinski definition) is 0. The molecule has 0 radical (unpaired) electrons. The number of carbonyl (C=O) groups excluding carboxylic acids is 2. The van der Waals surface area contributed by atoms with Gasteiger partial charge in [0.1, 0.15) is 11.1 Å². The summed E-state index contributed by atoms with van der Waals surface area (Å²) in [7, 11) is 1.77. The number of fused-ring (bicyclic) bond motifs is 3. The zero-order chi connectivity index (χ0) is 20.8. The third-order valence-electron chi connectivity index (χ3n) is 6.89. The Morgan fingerprint density at radius 3 is 2.47 bits per heavy atom. The minimum Gasteiger partial charge on any atom is -0.444 e. The second kappa shape index (κ2) is 7.71. The summed E-state index contributed by atoms with van der Waals surface area (Å²) in [5, 5.41) is 0.934. The highest BCUT2D eigenvalue weighted by atomic mass is 32.1. The van der Waals surface area contributed by atoms with Gasteiger partial charge in [0.15, 0.2) is 0 Å². The van der Waals surface area contributed by atoms with E-state index in [1.165, 1.54) is 25.9 Å². The van der Waals surface area contributed by atoms with E-state index in [0.717, 1.165) is 27.7 Å². The molecule has 0 aliphatic carbocycles. The van der Waals surface area contributed by atoms with Crippen LogP contribution in [0, 0.1) is 11.8 Å². The van der Waals surface area contributed by atoms with Gasteiger partial charge in [-0.2, -0.15) is 0 Å². The Bertz CT molecular complexity index is 949. The molecule has 2 bridgehead atoms. The summed E-state index contributed by atoms with van der Waals surface area (Å²) < 4.78 is 5.83. The van der Waals surface area contributed by atoms with Crippen molar-refractivity contribution in [1.29, 1.82) is 0 Å². The van der Waals surface area contributed by atoms with Crippen LogP contribution in [0.2, 0.25) is 0 Å². The first-order valence-corrected chi connectivity index (χ1v) is 11.5. The Morgan fingerprint density at radius 1 is 1.10 bits per heavy atom. The number of anilines is 2. The van der Waals surface area contributed by atoms with Gasteiger partial charge in [-0.3, -0.25) is 9.69 Å². The normalized spacial score (nSPS) is 27.9. The van der Waals surface area contributed by atoms with E-state index in [1.54, 1.807) is 35.1 Å². The molecule has 0 spiro atoms. The smallest absolute Gasteiger partial charge is 0.415 e. The van der Waals surface area contributed by atoms with Crippen molar-refractivity contribution >= 4 is 34.0 Å². The van der Waals surface area contributed by atoms with Gasteiger partial charge >= 0.3 is 6.09 Å². The topological polar surface area (TPSA) is 53.1 Å². The van der Waals surface area contributed by atoms with Gasteiger partial charge in [-0.15, -0.1) is 11.3 Å². The molecular weight excluding hydrogens is 398 g/mol. The van der Waals surface area contributed by atoms with Gasteiger partial charge in [0.2, 0.25) is 5.91 Å². The molecule has 4 aliphatic heterocycles. The van der Waals surface area contributed by atoms with Crippen LogP contribution < -0.4 is 9.80 Å². The first-order valence-electron chi connectivity index (χ1n) is 10.6. The molecule has 4 aliphatic rings. The molecule has 0 saturated carbocycles. The van der Waals surface area contributed by atoms with Crippen LogP contribution in [0.15, 0.2) is 36.4 Å². The number of cyclic esters (lactones) is 1. The maximum atomic E-state index is 12.6. The molecule has 1 aromatic heterocycles. The summed E-state index contributed by atoms with van der Waals surface area (Å²) in [6, 6.07) is 12.0. The van der Waals surface area contributed by atoms with Crippen molar-refractivity contribution in [3.63, 3.8) is 0 Å². The zero-order valence-electron chi connectivity index (χ0n) is 17.4. The lowest BCUT2D eigenvalue weighted by molar-refractivity contribution is -0.116. The zero-order valence-corrected chi connectivity index (χ0v) is 18.2. The predicted molar refractivity (Wildman–Crippen MR) is 119 cm³/mol. The number of hydrogen-bond acceptors (Lipinski definition) is 5. The van der Waals surface area contributed by atoms with E-state index in [-0.39, 0.29) is 18.1 Å². The van der Waals surface area contributed by atoms with Crippen LogP contribution in [0.5, 0.6) is 0 Å². The highest BCUT2D eigenvalue weighted by molar-refractivity contribution is 7.19. The molecule has 1 unspecified atom stereocenters. The lowest BCUT2D eigenvalue weighted by Crippen LogP contribution is -2.52. The van der Waals surface area contributed by atoms with Gasteiger partial charge in [-0.25, -0.2) is 4.79 Å². The first kappa shape index (κ1) is 19.6. The third kappa shape index (κ3) is 3.50. The fourth-order valence-electron chi connectivity index (χ4n) is 4.98. The lowest BCUT2D eigenvalue weighted by Gasteiger charge is -2.46. The van der Waals surface area contributed by atoms with Crippen molar-refractivity contribution in [2.24, 2.45) is 11.8 Å². The van der Waals surface area contributed by atoms with Crippen LogP contribution in [0.1, 0.15) is 19.8 Å². The largest absolute Gasteiger partial charge is 0.444 e. The average molecular weight is 426 g/mol. The van der Waals surface area contributed by atoms with E-state index in [9.17, 15) is 9.59 Å². The molecule has 6 rings (SSSR count). The Hall–Kier alpha value is -2.38. The highest BCUT2D eigenvalue weighted by Gasteiger charge is 2.45. The van der Waals surface area contributed by atoms with Crippen molar-refractivity contribution in [1.82, 2.24) is 4.90 Å². The first-order chi connectivity index (χ1) is 14.5. The number of amides is 2. The molecule has 0 N–H and O–H groups in total. The standard InChI is InChI=1S/C23H27N3O3S/c1-15(27)24(2)18-5-3-17(4-6-18)21-7-8-22(30-21)26-14-20(29-23(26)28)19-13-25-11-9-16(19)10-12-25/h3-8,16,19-20H,9-14H2,1-2H3/t19?,20-/m0/s1. The Labute approximate surface area is 181 Å². The van der Waals surface area contributed by atoms with Gasteiger partial charge in [0, 0.05) is 37.0 Å². The highest BCUT2D eigenvalue weighted by Crippen LogP contribution is 2.40. The van der Waals surface area contributed by atoms with Crippen molar-refractivity contribution in [2.75, 3.05) is 43.0 Å². The van der Waals surface area contributed by atoms with Gasteiger partial charge in [0.05, 0.1) is 6.54 Å². The maximum Gasteiger partial charge on any atom is 0.415 e. The molecule has 2 amide bonds. The van der Waals surface area contributed by atoms with Crippen molar-refractivity contribution in [2.45, 2.75) is 25.9 Å². The van der Waals surface area contributed by atoms with E-state index < -0.39 is 0 Å². The van der Waals surface area contributed by atoms with E-state index >= 15 is 0 Å². The van der Waals surface area contributed by atoms with E-state index in [1.807, 2.05) is 30.3 Å². The Morgan fingerprint density at radius 2 is 1.83 bits per heavy atom. The average Bonchev–Trinajstić information content (AvgIpc) is 3.41. The number of rotatable bonds is 4. The summed E-state index contributed by atoms with van der Waals surface area (Å²) in [5.41, 5.74) is 1.94. The molecule has 5 heterocycles. The van der Waals surface area contributed by atoms with Crippen molar-refractivity contribution in [3.05, 3.63) is 36.4 Å². The van der Waals surface area contributed by atoms with E-state index in [2.05, 4.69) is 11.0 Å². The number of carbonyl (C=O) groups is 2. The monoisotopic (exact) mass is 425 g/mol. The van der Waals surface area contributed by atoms with Crippen LogP contribution >= 0.6 is 11.3 Å². The summed E-state index contributed by atoms with van der Waals surface area (Å²) in [6.07, 6.45) is 2.24. The minimum absolute atomic E-state index is 0.00227. The van der Waals surface area contributed by atoms with E-state index in [0.29, 0.717) is 18.4 Å². The molecule has 6 nitrogen and oxygen atoms in total. The van der Waals surface area contributed by atoms with Gasteiger partial charge in [-0.05, 0) is 61.7 Å².